The minimum absolute atomic E-state index is 0.0589. The maximum atomic E-state index is 11.8. The molecule has 212 valence electrons. The topological polar surface area (TPSA) is 104 Å². The van der Waals surface area contributed by atoms with Crippen LogP contribution in [0.2, 0.25) is 0 Å². The Bertz CT molecular complexity index is 1080. The Labute approximate surface area is 228 Å². The lowest BCUT2D eigenvalue weighted by atomic mass is 9.44. The molecule has 0 aliphatic heterocycles. The number of fused-ring (bicyclic) bond motifs is 5. The standard InChI is InChI=1S/C32H48O6/c1-18(28(36)37)9-11-24(34)19(2)23-17-26(35)32(8)22-10-12-25-29(4,5)27(38-20(3)33)14-15-30(25,6)21(22)13-16-31(23,32)7/h9-10,13,19,23-27,34-35H,11-12,14-17H2,1-8H3,(H,36,37). The first-order valence-corrected chi connectivity index (χ1v) is 14.4. The maximum absolute atomic E-state index is 11.8. The van der Waals surface area contributed by atoms with Gasteiger partial charge in [0.15, 0.2) is 0 Å². The predicted octanol–water partition coefficient (Wildman–Crippen LogP) is 5.83. The van der Waals surface area contributed by atoms with Crippen LogP contribution in [0, 0.1) is 39.4 Å². The van der Waals surface area contributed by atoms with Gasteiger partial charge in [-0.3, -0.25) is 4.79 Å². The number of carboxylic acids is 1. The molecule has 4 rings (SSSR count). The number of hydrogen-bond donors (Lipinski definition) is 3. The minimum atomic E-state index is -0.966. The second kappa shape index (κ2) is 9.62. The zero-order chi connectivity index (χ0) is 28.4. The van der Waals surface area contributed by atoms with E-state index in [1.165, 1.54) is 18.1 Å². The number of hydrogen-bond acceptors (Lipinski definition) is 5. The molecule has 6 heteroatoms. The number of carboxylic acid groups (broad SMARTS) is 1. The van der Waals surface area contributed by atoms with Gasteiger partial charge in [0.2, 0.25) is 0 Å². The SMILES string of the molecule is CC(=O)OC1CCC2(C)C3=CCC4(C)C(C(C)C(O)CC=C(C)C(=O)O)CC(O)C4(C)C3=CCC2C1(C)C. The quantitative estimate of drug-likeness (QED) is 0.296. The first kappa shape index (κ1) is 29.1. The molecule has 38 heavy (non-hydrogen) atoms. The third-order valence-electron chi connectivity index (χ3n) is 11.9. The van der Waals surface area contributed by atoms with Crippen LogP contribution in [-0.2, 0) is 14.3 Å². The van der Waals surface area contributed by atoms with Gasteiger partial charge in [-0.15, -0.1) is 0 Å². The number of carbonyl (C=O) groups is 2. The molecule has 0 aromatic carbocycles. The number of aliphatic carboxylic acids is 1. The highest BCUT2D eigenvalue weighted by atomic mass is 16.5. The van der Waals surface area contributed by atoms with Gasteiger partial charge in [0.05, 0.1) is 12.2 Å². The molecule has 0 bridgehead atoms. The van der Waals surface area contributed by atoms with Crippen LogP contribution in [0.1, 0.15) is 93.9 Å². The van der Waals surface area contributed by atoms with Gasteiger partial charge in [-0.1, -0.05) is 59.8 Å². The first-order valence-electron chi connectivity index (χ1n) is 14.4. The second-order valence-corrected chi connectivity index (χ2v) is 13.9. The van der Waals surface area contributed by atoms with E-state index in [-0.39, 0.29) is 45.7 Å². The summed E-state index contributed by atoms with van der Waals surface area (Å²) < 4.78 is 5.79. The van der Waals surface area contributed by atoms with E-state index in [1.807, 2.05) is 6.92 Å². The Morgan fingerprint density at radius 2 is 1.79 bits per heavy atom. The average molecular weight is 529 g/mol. The van der Waals surface area contributed by atoms with Crippen molar-refractivity contribution in [2.24, 2.45) is 39.4 Å². The third kappa shape index (κ3) is 4.13. The summed E-state index contributed by atoms with van der Waals surface area (Å²) in [4.78, 5) is 23.0. The molecule has 0 amide bonds. The molecule has 3 N–H and O–H groups in total. The van der Waals surface area contributed by atoms with Crippen molar-refractivity contribution in [1.29, 1.82) is 0 Å². The van der Waals surface area contributed by atoms with Crippen LogP contribution in [0.25, 0.3) is 0 Å². The lowest BCUT2D eigenvalue weighted by Gasteiger charge is -2.61. The molecule has 0 radical (unpaired) electrons. The lowest BCUT2D eigenvalue weighted by molar-refractivity contribution is -0.165. The minimum Gasteiger partial charge on any atom is -0.478 e. The van der Waals surface area contributed by atoms with E-state index in [1.54, 1.807) is 13.0 Å². The molecule has 0 aromatic heterocycles. The Balaban J connectivity index is 1.67. The maximum Gasteiger partial charge on any atom is 0.330 e. The molecule has 9 unspecified atom stereocenters. The van der Waals surface area contributed by atoms with Crippen LogP contribution in [0.4, 0.5) is 0 Å². The van der Waals surface area contributed by atoms with E-state index >= 15 is 0 Å². The molecule has 4 aliphatic carbocycles. The van der Waals surface area contributed by atoms with Crippen LogP contribution in [0.5, 0.6) is 0 Å². The van der Waals surface area contributed by atoms with Gasteiger partial charge in [0, 0.05) is 23.3 Å². The molecule has 0 heterocycles. The van der Waals surface area contributed by atoms with Gasteiger partial charge < -0.3 is 20.1 Å². The lowest BCUT2D eigenvalue weighted by Crippen LogP contribution is -2.56. The van der Waals surface area contributed by atoms with Crippen molar-refractivity contribution in [2.45, 2.75) is 112 Å². The van der Waals surface area contributed by atoms with E-state index < -0.39 is 23.6 Å². The monoisotopic (exact) mass is 528 g/mol. The summed E-state index contributed by atoms with van der Waals surface area (Å²) in [5.41, 5.74) is 1.97. The van der Waals surface area contributed by atoms with Gasteiger partial charge in [-0.05, 0) is 85.2 Å². The largest absolute Gasteiger partial charge is 0.478 e. The molecular formula is C32H48O6. The van der Waals surface area contributed by atoms with Gasteiger partial charge in [0.25, 0.3) is 0 Å². The molecule has 0 saturated heterocycles. The smallest absolute Gasteiger partial charge is 0.330 e. The number of carbonyl (C=O) groups excluding carboxylic acids is 1. The van der Waals surface area contributed by atoms with Gasteiger partial charge in [0.1, 0.15) is 6.10 Å². The molecule has 9 atom stereocenters. The molecule has 6 nitrogen and oxygen atoms in total. The Morgan fingerprint density at radius 3 is 2.39 bits per heavy atom. The average Bonchev–Trinajstić information content (AvgIpc) is 3.04. The number of allylic oxidation sites excluding steroid dienone is 3. The van der Waals surface area contributed by atoms with E-state index in [4.69, 9.17) is 4.74 Å². The van der Waals surface area contributed by atoms with E-state index in [0.717, 1.165) is 25.7 Å². The van der Waals surface area contributed by atoms with Crippen molar-refractivity contribution in [3.8, 4) is 0 Å². The van der Waals surface area contributed by atoms with Crippen LogP contribution in [0.3, 0.4) is 0 Å². The summed E-state index contributed by atoms with van der Waals surface area (Å²) >= 11 is 0. The van der Waals surface area contributed by atoms with Crippen molar-refractivity contribution >= 4 is 11.9 Å². The zero-order valence-corrected chi connectivity index (χ0v) is 24.5. The summed E-state index contributed by atoms with van der Waals surface area (Å²) in [5.74, 6) is -0.850. The van der Waals surface area contributed by atoms with Crippen LogP contribution >= 0.6 is 0 Å². The van der Waals surface area contributed by atoms with E-state index in [0.29, 0.717) is 18.8 Å². The molecule has 2 fully saturated rings. The number of aliphatic hydroxyl groups excluding tert-OH is 2. The summed E-state index contributed by atoms with van der Waals surface area (Å²) in [5, 5.41) is 32.0. The highest BCUT2D eigenvalue weighted by molar-refractivity contribution is 5.85. The van der Waals surface area contributed by atoms with Gasteiger partial charge in [-0.25, -0.2) is 4.79 Å². The van der Waals surface area contributed by atoms with Crippen molar-refractivity contribution in [3.05, 3.63) is 34.9 Å². The fourth-order valence-corrected chi connectivity index (χ4v) is 9.14. The summed E-state index contributed by atoms with van der Waals surface area (Å²) in [6.45, 7) is 16.4. The number of ether oxygens (including phenoxy) is 1. The molecule has 4 aliphatic rings. The highest BCUT2D eigenvalue weighted by Gasteiger charge is 2.66. The number of rotatable bonds is 6. The number of esters is 1. The summed E-state index contributed by atoms with van der Waals surface area (Å²) in [6, 6.07) is 0. The fourth-order valence-electron chi connectivity index (χ4n) is 9.14. The highest BCUT2D eigenvalue weighted by Crippen LogP contribution is 2.71. The van der Waals surface area contributed by atoms with E-state index in [9.17, 15) is 24.9 Å². The molecule has 0 aromatic rings. The third-order valence-corrected chi connectivity index (χ3v) is 11.9. The predicted molar refractivity (Wildman–Crippen MR) is 147 cm³/mol. The summed E-state index contributed by atoms with van der Waals surface area (Å²) in [6.07, 6.45) is 9.48. The Hall–Kier alpha value is -1.92. The molecule has 2 saturated carbocycles. The van der Waals surface area contributed by atoms with Crippen molar-refractivity contribution in [1.82, 2.24) is 0 Å². The normalized spacial score (nSPS) is 41.6. The van der Waals surface area contributed by atoms with Crippen LogP contribution in [0.15, 0.2) is 34.9 Å². The Morgan fingerprint density at radius 1 is 1.13 bits per heavy atom. The van der Waals surface area contributed by atoms with Crippen molar-refractivity contribution < 1.29 is 29.6 Å². The van der Waals surface area contributed by atoms with Gasteiger partial charge >= 0.3 is 11.9 Å². The first-order chi connectivity index (χ1) is 17.5. The second-order valence-electron chi connectivity index (χ2n) is 13.9. The zero-order valence-electron chi connectivity index (χ0n) is 24.5. The number of aliphatic hydroxyl groups is 2. The Kier molecular flexibility index (Phi) is 7.36. The summed E-state index contributed by atoms with van der Waals surface area (Å²) in [7, 11) is 0. The van der Waals surface area contributed by atoms with Crippen molar-refractivity contribution in [3.63, 3.8) is 0 Å². The molecular weight excluding hydrogens is 480 g/mol. The van der Waals surface area contributed by atoms with E-state index in [2.05, 4.69) is 46.8 Å². The van der Waals surface area contributed by atoms with Crippen LogP contribution in [-0.4, -0.2) is 45.6 Å². The van der Waals surface area contributed by atoms with Gasteiger partial charge in [-0.2, -0.15) is 0 Å². The fraction of sp³-hybridized carbons (Fsp3) is 0.750. The van der Waals surface area contributed by atoms with Crippen LogP contribution < -0.4 is 0 Å². The molecule has 0 spiro atoms. The van der Waals surface area contributed by atoms with Crippen molar-refractivity contribution in [2.75, 3.05) is 0 Å².